The lowest BCUT2D eigenvalue weighted by Gasteiger charge is -2.02. The predicted molar refractivity (Wildman–Crippen MR) is 83.1 cm³/mol. The third-order valence-electron chi connectivity index (χ3n) is 3.31. The highest BCUT2D eigenvalue weighted by atomic mass is 19.1. The Balaban J connectivity index is 1.79. The molecule has 0 saturated carbocycles. The fourth-order valence-corrected chi connectivity index (χ4v) is 2.14. The molecule has 0 aliphatic rings. The summed E-state index contributed by atoms with van der Waals surface area (Å²) in [7, 11) is 0. The first-order chi connectivity index (χ1) is 11.0. The Morgan fingerprint density at radius 2 is 1.70 bits per heavy atom. The summed E-state index contributed by atoms with van der Waals surface area (Å²) in [4.78, 5) is 12.1. The number of aromatic nitrogens is 2. The molecular formula is C17H13F2N3O. The summed E-state index contributed by atoms with van der Waals surface area (Å²) in [6, 6.07) is 11.8. The largest absolute Gasteiger partial charge is 0.305 e. The Labute approximate surface area is 131 Å². The van der Waals surface area contributed by atoms with Crippen LogP contribution in [0.3, 0.4) is 0 Å². The zero-order valence-corrected chi connectivity index (χ0v) is 12.2. The standard InChI is InChI=1S/C17H13F2N3O/c1-10-2-4-11(5-3-10)17(23)20-16-9-15(21-22-16)12-6-13(18)8-14(19)7-12/h2-9H,1H3,(H2,20,21,22,23). The van der Waals surface area contributed by atoms with Gasteiger partial charge in [-0.15, -0.1) is 0 Å². The van der Waals surface area contributed by atoms with Gasteiger partial charge in [0.1, 0.15) is 11.6 Å². The maximum Gasteiger partial charge on any atom is 0.256 e. The normalized spacial score (nSPS) is 10.6. The molecule has 1 heterocycles. The van der Waals surface area contributed by atoms with Gasteiger partial charge in [0.25, 0.3) is 5.91 Å². The van der Waals surface area contributed by atoms with Gasteiger partial charge in [-0.05, 0) is 31.2 Å². The van der Waals surface area contributed by atoms with E-state index in [1.165, 1.54) is 18.2 Å². The van der Waals surface area contributed by atoms with E-state index in [2.05, 4.69) is 15.5 Å². The van der Waals surface area contributed by atoms with Crippen LogP contribution in [0.5, 0.6) is 0 Å². The molecule has 116 valence electrons. The quantitative estimate of drug-likeness (QED) is 0.770. The molecule has 1 aromatic heterocycles. The summed E-state index contributed by atoms with van der Waals surface area (Å²) >= 11 is 0. The van der Waals surface area contributed by atoms with Gasteiger partial charge in [0, 0.05) is 23.3 Å². The van der Waals surface area contributed by atoms with Crippen LogP contribution in [0.25, 0.3) is 11.3 Å². The summed E-state index contributed by atoms with van der Waals surface area (Å²) in [6.45, 7) is 1.93. The van der Waals surface area contributed by atoms with E-state index in [0.717, 1.165) is 11.6 Å². The number of hydrogen-bond donors (Lipinski definition) is 2. The van der Waals surface area contributed by atoms with Crippen LogP contribution < -0.4 is 5.32 Å². The first kappa shape index (κ1) is 14.9. The van der Waals surface area contributed by atoms with Gasteiger partial charge in [-0.25, -0.2) is 8.78 Å². The van der Waals surface area contributed by atoms with Gasteiger partial charge in [0.2, 0.25) is 0 Å². The smallest absolute Gasteiger partial charge is 0.256 e. The molecule has 2 N–H and O–H groups in total. The van der Waals surface area contributed by atoms with E-state index in [0.29, 0.717) is 16.8 Å². The highest BCUT2D eigenvalue weighted by Crippen LogP contribution is 2.22. The Morgan fingerprint density at radius 1 is 1.04 bits per heavy atom. The summed E-state index contributed by atoms with van der Waals surface area (Å²) in [5, 5.41) is 9.21. The Kier molecular flexibility index (Phi) is 3.89. The molecule has 0 bridgehead atoms. The molecule has 23 heavy (non-hydrogen) atoms. The van der Waals surface area contributed by atoms with Crippen molar-refractivity contribution in [2.45, 2.75) is 6.92 Å². The van der Waals surface area contributed by atoms with Crippen LogP contribution >= 0.6 is 0 Å². The van der Waals surface area contributed by atoms with Crippen LogP contribution in [0.1, 0.15) is 15.9 Å². The van der Waals surface area contributed by atoms with Crippen LogP contribution in [-0.4, -0.2) is 16.1 Å². The molecule has 6 heteroatoms. The van der Waals surface area contributed by atoms with E-state index in [4.69, 9.17) is 0 Å². The molecular weight excluding hydrogens is 300 g/mol. The van der Waals surface area contributed by atoms with Gasteiger partial charge in [-0.3, -0.25) is 9.89 Å². The van der Waals surface area contributed by atoms with Crippen molar-refractivity contribution in [3.63, 3.8) is 0 Å². The lowest BCUT2D eigenvalue weighted by atomic mass is 10.1. The fourth-order valence-electron chi connectivity index (χ4n) is 2.14. The van der Waals surface area contributed by atoms with Gasteiger partial charge in [-0.1, -0.05) is 17.7 Å². The SMILES string of the molecule is Cc1ccc(C(=O)Nc2cc(-c3cc(F)cc(F)c3)[nH]n2)cc1. The van der Waals surface area contributed by atoms with Crippen LogP contribution in [0.4, 0.5) is 14.6 Å². The van der Waals surface area contributed by atoms with E-state index in [1.54, 1.807) is 12.1 Å². The van der Waals surface area contributed by atoms with Crippen molar-refractivity contribution in [3.05, 3.63) is 71.3 Å². The summed E-state index contributed by atoms with van der Waals surface area (Å²) in [6.07, 6.45) is 0. The number of aryl methyl sites for hydroxylation is 1. The fraction of sp³-hybridized carbons (Fsp3) is 0.0588. The highest BCUT2D eigenvalue weighted by molar-refractivity contribution is 6.03. The number of nitrogens with zero attached hydrogens (tertiary/aromatic N) is 1. The van der Waals surface area contributed by atoms with Crippen molar-refractivity contribution in [2.75, 3.05) is 5.32 Å². The van der Waals surface area contributed by atoms with Crippen LogP contribution in [-0.2, 0) is 0 Å². The summed E-state index contributed by atoms with van der Waals surface area (Å²) in [5.41, 5.74) is 2.27. The summed E-state index contributed by atoms with van der Waals surface area (Å²) in [5.74, 6) is -1.40. The van der Waals surface area contributed by atoms with E-state index in [1.807, 2.05) is 19.1 Å². The molecule has 3 aromatic rings. The molecule has 1 amide bonds. The molecule has 0 aliphatic heterocycles. The molecule has 3 rings (SSSR count). The van der Waals surface area contributed by atoms with Gasteiger partial charge in [0.05, 0.1) is 5.69 Å². The molecule has 0 fully saturated rings. The van der Waals surface area contributed by atoms with Gasteiger partial charge in [-0.2, -0.15) is 5.10 Å². The lowest BCUT2D eigenvalue weighted by Crippen LogP contribution is -2.11. The average molecular weight is 313 g/mol. The van der Waals surface area contributed by atoms with Crippen molar-refractivity contribution in [2.24, 2.45) is 0 Å². The first-order valence-corrected chi connectivity index (χ1v) is 6.91. The second-order valence-electron chi connectivity index (χ2n) is 5.15. The monoisotopic (exact) mass is 313 g/mol. The van der Waals surface area contributed by atoms with Crippen molar-refractivity contribution in [3.8, 4) is 11.3 Å². The number of carbonyl (C=O) groups excluding carboxylic acids is 1. The number of aromatic amines is 1. The molecule has 0 saturated heterocycles. The zero-order chi connectivity index (χ0) is 16.4. The number of benzene rings is 2. The zero-order valence-electron chi connectivity index (χ0n) is 12.2. The first-order valence-electron chi connectivity index (χ1n) is 6.91. The average Bonchev–Trinajstić information content (AvgIpc) is 2.95. The van der Waals surface area contributed by atoms with Gasteiger partial charge >= 0.3 is 0 Å². The molecule has 0 radical (unpaired) electrons. The topological polar surface area (TPSA) is 57.8 Å². The van der Waals surface area contributed by atoms with E-state index < -0.39 is 11.6 Å². The minimum Gasteiger partial charge on any atom is -0.305 e. The van der Waals surface area contributed by atoms with Crippen molar-refractivity contribution in [1.29, 1.82) is 0 Å². The lowest BCUT2D eigenvalue weighted by molar-refractivity contribution is 0.102. The second kappa shape index (κ2) is 6.00. The van der Waals surface area contributed by atoms with Crippen molar-refractivity contribution >= 4 is 11.7 Å². The van der Waals surface area contributed by atoms with E-state index in [9.17, 15) is 13.6 Å². The molecule has 0 aliphatic carbocycles. The van der Waals surface area contributed by atoms with Crippen LogP contribution in [0, 0.1) is 18.6 Å². The second-order valence-corrected chi connectivity index (χ2v) is 5.15. The number of nitrogens with one attached hydrogen (secondary N) is 2. The van der Waals surface area contributed by atoms with Gasteiger partial charge in [0.15, 0.2) is 5.82 Å². The molecule has 0 unspecified atom stereocenters. The number of rotatable bonds is 3. The minimum absolute atomic E-state index is 0.273. The van der Waals surface area contributed by atoms with E-state index in [-0.39, 0.29) is 11.7 Å². The van der Waals surface area contributed by atoms with Crippen LogP contribution in [0.2, 0.25) is 0 Å². The van der Waals surface area contributed by atoms with Crippen molar-refractivity contribution in [1.82, 2.24) is 10.2 Å². The molecule has 4 nitrogen and oxygen atoms in total. The van der Waals surface area contributed by atoms with Crippen molar-refractivity contribution < 1.29 is 13.6 Å². The molecule has 2 aromatic carbocycles. The highest BCUT2D eigenvalue weighted by Gasteiger charge is 2.10. The Hall–Kier alpha value is -3.02. The van der Waals surface area contributed by atoms with E-state index >= 15 is 0 Å². The number of halogens is 2. The number of H-pyrrole nitrogens is 1. The minimum atomic E-state index is -0.681. The summed E-state index contributed by atoms with van der Waals surface area (Å²) < 4.78 is 26.5. The third kappa shape index (κ3) is 3.42. The molecule has 0 atom stereocenters. The van der Waals surface area contributed by atoms with Gasteiger partial charge < -0.3 is 5.32 Å². The molecule has 0 spiro atoms. The predicted octanol–water partition coefficient (Wildman–Crippen LogP) is 3.92. The number of amides is 1. The maximum atomic E-state index is 13.2. The Morgan fingerprint density at radius 3 is 2.35 bits per heavy atom. The maximum absolute atomic E-state index is 13.2. The third-order valence-corrected chi connectivity index (χ3v) is 3.31. The Bertz CT molecular complexity index is 836. The number of anilines is 1. The van der Waals surface area contributed by atoms with Crippen LogP contribution in [0.15, 0.2) is 48.5 Å². The number of carbonyl (C=O) groups is 1. The number of hydrogen-bond acceptors (Lipinski definition) is 2.